The summed E-state index contributed by atoms with van der Waals surface area (Å²) in [6, 6.07) is 3.10. The van der Waals surface area contributed by atoms with Gasteiger partial charge in [0.05, 0.1) is 12.8 Å². The fraction of sp³-hybridized carbons (Fsp3) is 0.0909. The molecule has 0 unspecified atom stereocenters. The molecule has 10 heteroatoms. The Balaban J connectivity index is 2.97. The van der Waals surface area contributed by atoms with Crippen LogP contribution in [0.4, 0.5) is 14.9 Å². The van der Waals surface area contributed by atoms with Crippen molar-refractivity contribution >= 4 is 34.0 Å². The first-order valence-corrected chi connectivity index (χ1v) is 6.81. The number of ether oxygens (including phenoxy) is 1. The minimum absolute atomic E-state index is 0.0714. The lowest BCUT2D eigenvalue weighted by Gasteiger charge is -2.09. The number of carbonyl (C=O) groups excluding carboxylic acids is 1. The van der Waals surface area contributed by atoms with Crippen molar-refractivity contribution in [2.24, 2.45) is 0 Å². The van der Waals surface area contributed by atoms with Crippen LogP contribution in [0.3, 0.4) is 0 Å². The number of halogens is 1. The molecule has 1 rings (SSSR count). The van der Waals surface area contributed by atoms with Crippen molar-refractivity contribution in [3.63, 3.8) is 0 Å². The third-order valence-corrected chi connectivity index (χ3v) is 3.00. The summed E-state index contributed by atoms with van der Waals surface area (Å²) in [5.41, 5.74) is -0.214. The van der Waals surface area contributed by atoms with E-state index in [4.69, 9.17) is 5.11 Å². The Bertz CT molecular complexity index is 686. The second-order valence-corrected chi connectivity index (χ2v) is 5.02. The summed E-state index contributed by atoms with van der Waals surface area (Å²) < 4.78 is 44.0. The van der Waals surface area contributed by atoms with Gasteiger partial charge < -0.3 is 9.84 Å². The van der Waals surface area contributed by atoms with Crippen molar-refractivity contribution in [2.75, 3.05) is 11.8 Å². The predicted molar refractivity (Wildman–Crippen MR) is 71.2 cm³/mol. The maximum absolute atomic E-state index is 13.4. The van der Waals surface area contributed by atoms with Crippen LogP contribution in [0.2, 0.25) is 0 Å². The van der Waals surface area contributed by atoms with Crippen LogP contribution in [0.1, 0.15) is 5.56 Å². The molecule has 0 aliphatic carbocycles. The molecular formula is C11H11FN2O6S. The quantitative estimate of drug-likeness (QED) is 0.694. The summed E-state index contributed by atoms with van der Waals surface area (Å²) >= 11 is 0. The van der Waals surface area contributed by atoms with Crippen LogP contribution < -0.4 is 9.44 Å². The lowest BCUT2D eigenvalue weighted by atomic mass is 10.2. The molecule has 0 saturated heterocycles. The lowest BCUT2D eigenvalue weighted by Crippen LogP contribution is -2.35. The number of anilines is 1. The largest absolute Gasteiger partial charge is 0.478 e. The van der Waals surface area contributed by atoms with E-state index in [0.29, 0.717) is 6.08 Å². The first-order chi connectivity index (χ1) is 9.73. The Morgan fingerprint density at radius 2 is 2.05 bits per heavy atom. The molecule has 1 aromatic carbocycles. The van der Waals surface area contributed by atoms with Gasteiger partial charge in [-0.25, -0.2) is 18.7 Å². The molecular weight excluding hydrogens is 307 g/mol. The van der Waals surface area contributed by atoms with E-state index in [-0.39, 0.29) is 11.3 Å². The number of carboxylic acid groups (broad SMARTS) is 1. The van der Waals surface area contributed by atoms with Crippen LogP contribution in [0.15, 0.2) is 24.3 Å². The molecule has 0 aliphatic heterocycles. The molecule has 114 valence electrons. The van der Waals surface area contributed by atoms with Gasteiger partial charge in [-0.1, -0.05) is 0 Å². The molecule has 0 bridgehead atoms. The highest BCUT2D eigenvalue weighted by Crippen LogP contribution is 2.17. The Morgan fingerprint density at radius 1 is 1.38 bits per heavy atom. The highest BCUT2D eigenvalue weighted by molar-refractivity contribution is 7.91. The molecule has 0 atom stereocenters. The van der Waals surface area contributed by atoms with Gasteiger partial charge in [0.1, 0.15) is 5.82 Å². The maximum Gasteiger partial charge on any atom is 0.422 e. The number of hydrogen-bond donors (Lipinski definition) is 3. The predicted octanol–water partition coefficient (Wildman–Crippen LogP) is 0.936. The standard InChI is InChI=1S/C11H11FN2O6S/c1-20-11(17)14-21(18,19)13-8-3-4-9(12)7(6-8)2-5-10(15)16/h2-6,13H,1H3,(H,14,17)(H,15,16)/b5-2+. The SMILES string of the molecule is COC(=O)NS(=O)(=O)Nc1ccc(F)c(/C=C/C(=O)O)c1. The number of benzene rings is 1. The Morgan fingerprint density at radius 3 is 2.62 bits per heavy atom. The van der Waals surface area contributed by atoms with Gasteiger partial charge in [-0.05, 0) is 24.3 Å². The van der Waals surface area contributed by atoms with Gasteiger partial charge in [0.2, 0.25) is 0 Å². The van der Waals surface area contributed by atoms with E-state index in [0.717, 1.165) is 31.4 Å². The maximum atomic E-state index is 13.4. The second kappa shape index (κ2) is 6.70. The van der Waals surface area contributed by atoms with E-state index in [1.165, 1.54) is 4.72 Å². The number of carboxylic acids is 1. The third-order valence-electron chi connectivity index (χ3n) is 2.06. The van der Waals surface area contributed by atoms with Gasteiger partial charge >= 0.3 is 22.3 Å². The van der Waals surface area contributed by atoms with Crippen molar-refractivity contribution in [3.8, 4) is 0 Å². The van der Waals surface area contributed by atoms with Crippen LogP contribution in [0.5, 0.6) is 0 Å². The minimum atomic E-state index is -4.24. The van der Waals surface area contributed by atoms with E-state index in [9.17, 15) is 22.4 Å². The lowest BCUT2D eigenvalue weighted by molar-refractivity contribution is -0.131. The molecule has 0 spiro atoms. The Labute approximate surface area is 119 Å². The topological polar surface area (TPSA) is 122 Å². The van der Waals surface area contributed by atoms with Crippen LogP contribution in [0.25, 0.3) is 6.08 Å². The second-order valence-electron chi connectivity index (χ2n) is 3.61. The molecule has 21 heavy (non-hydrogen) atoms. The van der Waals surface area contributed by atoms with Gasteiger partial charge in [-0.2, -0.15) is 8.42 Å². The summed E-state index contributed by atoms with van der Waals surface area (Å²) in [6.07, 6.45) is 0.461. The van der Waals surface area contributed by atoms with Crippen molar-refractivity contribution in [1.82, 2.24) is 4.72 Å². The zero-order chi connectivity index (χ0) is 16.0. The highest BCUT2D eigenvalue weighted by atomic mass is 32.2. The minimum Gasteiger partial charge on any atom is -0.478 e. The number of rotatable bonds is 5. The molecule has 0 saturated carbocycles. The molecule has 1 amide bonds. The first-order valence-electron chi connectivity index (χ1n) is 5.32. The summed E-state index contributed by atoms with van der Waals surface area (Å²) in [5, 5.41) is 8.47. The fourth-order valence-electron chi connectivity index (χ4n) is 1.23. The van der Waals surface area contributed by atoms with E-state index < -0.39 is 28.1 Å². The summed E-state index contributed by atoms with van der Waals surface area (Å²) in [7, 11) is -3.26. The van der Waals surface area contributed by atoms with Crippen molar-refractivity contribution in [3.05, 3.63) is 35.7 Å². The smallest absolute Gasteiger partial charge is 0.422 e. The van der Waals surface area contributed by atoms with E-state index in [1.807, 2.05) is 4.72 Å². The zero-order valence-corrected chi connectivity index (χ0v) is 11.5. The van der Waals surface area contributed by atoms with Crippen LogP contribution in [0, 0.1) is 5.82 Å². The van der Waals surface area contributed by atoms with E-state index in [2.05, 4.69) is 4.74 Å². The van der Waals surface area contributed by atoms with Gasteiger partial charge in [-0.15, -0.1) is 0 Å². The fourth-order valence-corrected chi connectivity index (χ4v) is 2.02. The zero-order valence-electron chi connectivity index (χ0n) is 10.7. The molecule has 0 heterocycles. The van der Waals surface area contributed by atoms with Crippen LogP contribution in [-0.2, 0) is 19.7 Å². The molecule has 0 radical (unpaired) electrons. The average Bonchev–Trinajstić information content (AvgIpc) is 2.38. The third kappa shape index (κ3) is 5.48. The van der Waals surface area contributed by atoms with Crippen LogP contribution in [-0.4, -0.2) is 32.7 Å². The van der Waals surface area contributed by atoms with Gasteiger partial charge in [0.25, 0.3) is 0 Å². The summed E-state index contributed by atoms with van der Waals surface area (Å²) in [6.45, 7) is 0. The van der Waals surface area contributed by atoms with E-state index in [1.54, 1.807) is 0 Å². The number of hydrogen-bond acceptors (Lipinski definition) is 5. The number of carbonyl (C=O) groups is 2. The monoisotopic (exact) mass is 318 g/mol. The van der Waals surface area contributed by atoms with Crippen LogP contribution >= 0.6 is 0 Å². The molecule has 8 nitrogen and oxygen atoms in total. The molecule has 0 fully saturated rings. The Kier molecular flexibility index (Phi) is 5.24. The molecule has 0 aliphatic rings. The van der Waals surface area contributed by atoms with Gasteiger partial charge in [0, 0.05) is 11.6 Å². The summed E-state index contributed by atoms with van der Waals surface area (Å²) in [4.78, 5) is 21.2. The average molecular weight is 318 g/mol. The van der Waals surface area contributed by atoms with Crippen molar-refractivity contribution in [2.45, 2.75) is 0 Å². The number of aliphatic carboxylic acids is 1. The van der Waals surface area contributed by atoms with Crippen molar-refractivity contribution in [1.29, 1.82) is 0 Å². The first kappa shape index (κ1) is 16.4. The number of amides is 1. The van der Waals surface area contributed by atoms with Gasteiger partial charge in [-0.3, -0.25) is 4.72 Å². The molecule has 3 N–H and O–H groups in total. The highest BCUT2D eigenvalue weighted by Gasteiger charge is 2.15. The van der Waals surface area contributed by atoms with E-state index >= 15 is 0 Å². The van der Waals surface area contributed by atoms with Crippen molar-refractivity contribution < 1.29 is 32.2 Å². The molecule has 1 aromatic rings. The Hall–Kier alpha value is -2.62. The number of methoxy groups -OCH3 is 1. The normalized spacial score (nSPS) is 11.1. The number of nitrogens with one attached hydrogen (secondary N) is 2. The molecule has 0 aromatic heterocycles. The summed E-state index contributed by atoms with van der Waals surface area (Å²) in [5.74, 6) is -2.02. The van der Waals surface area contributed by atoms with Gasteiger partial charge in [0.15, 0.2) is 0 Å².